The summed E-state index contributed by atoms with van der Waals surface area (Å²) in [6, 6.07) is 17.2. The molecule has 0 aliphatic carbocycles. The van der Waals surface area contributed by atoms with Crippen LogP contribution in [0.2, 0.25) is 0 Å². The summed E-state index contributed by atoms with van der Waals surface area (Å²) in [6.07, 6.45) is 0. The maximum absolute atomic E-state index is 12.6. The number of aromatic nitrogens is 3. The first-order valence-electron chi connectivity index (χ1n) is 9.18. The molecule has 7 nitrogen and oxygen atoms in total. The van der Waals surface area contributed by atoms with Gasteiger partial charge in [0.25, 0.3) is 0 Å². The van der Waals surface area contributed by atoms with Gasteiger partial charge in [-0.3, -0.25) is 14.7 Å². The maximum Gasteiger partial charge on any atom is 0.243 e. The largest absolute Gasteiger partial charge is 0.335 e. The smallest absolute Gasteiger partial charge is 0.243 e. The van der Waals surface area contributed by atoms with Gasteiger partial charge in [0.05, 0.1) is 11.8 Å². The van der Waals surface area contributed by atoms with Crippen LogP contribution in [0, 0.1) is 6.92 Å². The van der Waals surface area contributed by atoms with Crippen molar-refractivity contribution in [1.29, 1.82) is 0 Å². The van der Waals surface area contributed by atoms with E-state index in [9.17, 15) is 9.59 Å². The van der Waals surface area contributed by atoms with Gasteiger partial charge in [-0.15, -0.1) is 5.10 Å². The predicted octanol–water partition coefficient (Wildman–Crippen LogP) is 3.36. The highest BCUT2D eigenvalue weighted by Crippen LogP contribution is 2.23. The van der Waals surface area contributed by atoms with Crippen molar-refractivity contribution in [3.8, 4) is 11.4 Å². The summed E-state index contributed by atoms with van der Waals surface area (Å²) in [5.74, 6) is 0.241. The van der Waals surface area contributed by atoms with Crippen molar-refractivity contribution in [1.82, 2.24) is 20.1 Å². The number of aromatic amines is 1. The lowest BCUT2D eigenvalue weighted by Crippen LogP contribution is -2.38. The summed E-state index contributed by atoms with van der Waals surface area (Å²) in [5, 5.41) is 9.92. The summed E-state index contributed by atoms with van der Waals surface area (Å²) >= 11 is 1.25. The normalized spacial score (nSPS) is 11.7. The van der Waals surface area contributed by atoms with Crippen LogP contribution in [-0.2, 0) is 9.59 Å². The van der Waals surface area contributed by atoms with E-state index in [1.54, 1.807) is 14.0 Å². The van der Waals surface area contributed by atoms with Crippen LogP contribution in [0.5, 0.6) is 0 Å². The van der Waals surface area contributed by atoms with Crippen LogP contribution >= 0.6 is 11.8 Å². The molecule has 1 heterocycles. The Morgan fingerprint density at radius 3 is 2.52 bits per heavy atom. The van der Waals surface area contributed by atoms with Gasteiger partial charge >= 0.3 is 0 Å². The van der Waals surface area contributed by atoms with Gasteiger partial charge in [0.2, 0.25) is 17.0 Å². The summed E-state index contributed by atoms with van der Waals surface area (Å²) in [5.41, 5.74) is 2.75. The molecule has 0 bridgehead atoms. The Balaban J connectivity index is 1.53. The lowest BCUT2D eigenvalue weighted by molar-refractivity contribution is -0.132. The van der Waals surface area contributed by atoms with Crippen molar-refractivity contribution >= 4 is 29.3 Å². The fraction of sp³-hybridized carbons (Fsp3) is 0.238. The number of nitrogens with one attached hydrogen (secondary N) is 2. The highest BCUT2D eigenvalue weighted by atomic mass is 32.2. The van der Waals surface area contributed by atoms with Crippen molar-refractivity contribution in [2.75, 3.05) is 18.9 Å². The molecule has 0 spiro atoms. The number of aryl methyl sites for hydroxylation is 1. The number of hydrogen-bond acceptors (Lipinski definition) is 5. The molecule has 3 rings (SSSR count). The summed E-state index contributed by atoms with van der Waals surface area (Å²) in [4.78, 5) is 30.7. The fourth-order valence-corrected chi connectivity index (χ4v) is 3.51. The second-order valence-corrected chi connectivity index (χ2v) is 8.01. The highest BCUT2D eigenvalue weighted by Gasteiger charge is 2.22. The molecule has 2 amide bonds. The number of nitrogens with zero attached hydrogens (tertiary/aromatic N) is 3. The van der Waals surface area contributed by atoms with Crippen molar-refractivity contribution in [3.63, 3.8) is 0 Å². The fourth-order valence-electron chi connectivity index (χ4n) is 2.67. The molecule has 2 aromatic carbocycles. The SMILES string of the molecule is Cc1ccc(NC(=O)CN(C)C(=O)[C@@H](C)Sc2n[nH]c(-c3ccccc3)n2)cc1. The Kier molecular flexibility index (Phi) is 6.66. The molecule has 8 heteroatoms. The monoisotopic (exact) mass is 409 g/mol. The third kappa shape index (κ3) is 5.68. The van der Waals surface area contributed by atoms with E-state index < -0.39 is 5.25 Å². The molecular weight excluding hydrogens is 386 g/mol. The molecule has 0 unspecified atom stereocenters. The zero-order valence-electron chi connectivity index (χ0n) is 16.5. The Bertz CT molecular complexity index is 972. The maximum atomic E-state index is 12.6. The number of rotatable bonds is 7. The molecule has 29 heavy (non-hydrogen) atoms. The molecule has 0 saturated carbocycles. The average molecular weight is 410 g/mol. The minimum absolute atomic E-state index is 0.0269. The average Bonchev–Trinajstić information content (AvgIpc) is 3.18. The van der Waals surface area contributed by atoms with Crippen LogP contribution < -0.4 is 5.32 Å². The number of carbonyl (C=O) groups is 2. The Labute approximate surface area is 173 Å². The van der Waals surface area contributed by atoms with Gasteiger partial charge in [0, 0.05) is 18.3 Å². The van der Waals surface area contributed by atoms with Gasteiger partial charge in [-0.25, -0.2) is 4.98 Å². The van der Waals surface area contributed by atoms with Gasteiger partial charge < -0.3 is 10.2 Å². The van der Waals surface area contributed by atoms with E-state index >= 15 is 0 Å². The van der Waals surface area contributed by atoms with Crippen molar-refractivity contribution in [2.45, 2.75) is 24.3 Å². The summed E-state index contributed by atoms with van der Waals surface area (Å²) in [7, 11) is 1.61. The van der Waals surface area contributed by atoms with Gasteiger partial charge in [0.15, 0.2) is 5.82 Å². The van der Waals surface area contributed by atoms with Gasteiger partial charge in [-0.05, 0) is 26.0 Å². The molecule has 2 N–H and O–H groups in total. The summed E-state index contributed by atoms with van der Waals surface area (Å²) in [6.45, 7) is 3.73. The zero-order valence-corrected chi connectivity index (χ0v) is 17.4. The van der Waals surface area contributed by atoms with Gasteiger partial charge in [-0.2, -0.15) is 0 Å². The van der Waals surface area contributed by atoms with E-state index in [4.69, 9.17) is 0 Å². The van der Waals surface area contributed by atoms with E-state index in [-0.39, 0.29) is 18.4 Å². The van der Waals surface area contributed by atoms with Gasteiger partial charge in [-0.1, -0.05) is 59.8 Å². The lowest BCUT2D eigenvalue weighted by Gasteiger charge is -2.20. The number of hydrogen-bond donors (Lipinski definition) is 2. The zero-order chi connectivity index (χ0) is 20.8. The first kappa shape index (κ1) is 20.6. The Hall–Kier alpha value is -3.13. The summed E-state index contributed by atoms with van der Waals surface area (Å²) < 4.78 is 0. The quantitative estimate of drug-likeness (QED) is 0.584. The predicted molar refractivity (Wildman–Crippen MR) is 115 cm³/mol. The minimum Gasteiger partial charge on any atom is -0.335 e. The van der Waals surface area contributed by atoms with Crippen LogP contribution in [-0.4, -0.2) is 50.7 Å². The third-order valence-corrected chi connectivity index (χ3v) is 5.18. The van der Waals surface area contributed by atoms with Gasteiger partial charge in [0.1, 0.15) is 0 Å². The first-order valence-corrected chi connectivity index (χ1v) is 10.1. The van der Waals surface area contributed by atoms with Crippen molar-refractivity contribution in [3.05, 3.63) is 60.2 Å². The molecule has 0 saturated heterocycles. The van der Waals surface area contributed by atoms with E-state index in [0.717, 1.165) is 11.1 Å². The molecule has 150 valence electrons. The van der Waals surface area contributed by atoms with E-state index in [1.165, 1.54) is 16.7 Å². The molecule has 3 aromatic rings. The van der Waals surface area contributed by atoms with E-state index in [1.807, 2.05) is 61.5 Å². The van der Waals surface area contributed by atoms with E-state index in [2.05, 4.69) is 20.5 Å². The van der Waals surface area contributed by atoms with Crippen LogP contribution in [0.1, 0.15) is 12.5 Å². The van der Waals surface area contributed by atoms with Crippen molar-refractivity contribution in [2.24, 2.45) is 0 Å². The van der Waals surface area contributed by atoms with Crippen LogP contribution in [0.15, 0.2) is 59.8 Å². The number of likely N-dealkylation sites (N-methyl/N-ethyl adjacent to an activating group) is 1. The number of H-pyrrole nitrogens is 1. The molecule has 0 fully saturated rings. The Morgan fingerprint density at radius 1 is 1.14 bits per heavy atom. The molecule has 0 aliphatic rings. The Morgan fingerprint density at radius 2 is 1.83 bits per heavy atom. The number of anilines is 1. The molecule has 1 aromatic heterocycles. The van der Waals surface area contributed by atoms with Crippen LogP contribution in [0.3, 0.4) is 0 Å². The molecule has 0 aliphatic heterocycles. The third-order valence-electron chi connectivity index (χ3n) is 4.23. The number of thioether (sulfide) groups is 1. The van der Waals surface area contributed by atoms with Crippen molar-refractivity contribution < 1.29 is 9.59 Å². The standard InChI is InChI=1S/C21H23N5O2S/c1-14-9-11-17(12-10-14)22-18(27)13-26(3)20(28)15(2)29-21-23-19(24-25-21)16-7-5-4-6-8-16/h4-12,15H,13H2,1-3H3,(H,22,27)(H,23,24,25)/t15-/m1/s1. The second-order valence-electron chi connectivity index (χ2n) is 6.70. The minimum atomic E-state index is -0.424. The highest BCUT2D eigenvalue weighted by molar-refractivity contribution is 8.00. The van der Waals surface area contributed by atoms with Crippen LogP contribution in [0.4, 0.5) is 5.69 Å². The lowest BCUT2D eigenvalue weighted by atomic mass is 10.2. The van der Waals surface area contributed by atoms with E-state index in [0.29, 0.717) is 16.7 Å². The first-order chi connectivity index (χ1) is 13.9. The number of carbonyl (C=O) groups excluding carboxylic acids is 2. The molecule has 1 atom stereocenters. The van der Waals surface area contributed by atoms with Crippen LogP contribution in [0.25, 0.3) is 11.4 Å². The molecular formula is C21H23N5O2S. The number of benzene rings is 2. The number of amides is 2. The molecule has 0 radical (unpaired) electrons. The second kappa shape index (κ2) is 9.38. The topological polar surface area (TPSA) is 91.0 Å².